The summed E-state index contributed by atoms with van der Waals surface area (Å²) in [5, 5.41) is 11.0. The van der Waals surface area contributed by atoms with Gasteiger partial charge in [0.25, 0.3) is 0 Å². The van der Waals surface area contributed by atoms with Crippen molar-refractivity contribution in [2.75, 3.05) is 19.7 Å². The first kappa shape index (κ1) is 11.0. The lowest BCUT2D eigenvalue weighted by atomic mass is 9.94. The number of aliphatic hydroxyl groups is 1. The Morgan fingerprint density at radius 2 is 2.27 bits per heavy atom. The first-order valence-corrected chi connectivity index (χ1v) is 6.53. The van der Waals surface area contributed by atoms with E-state index in [1.807, 2.05) is 5.51 Å². The maximum Gasteiger partial charge on any atom is 0.0795 e. The molecule has 0 amide bonds. The van der Waals surface area contributed by atoms with Gasteiger partial charge in [0.05, 0.1) is 11.2 Å². The average molecular weight is 226 g/mol. The van der Waals surface area contributed by atoms with Crippen molar-refractivity contribution in [2.45, 2.75) is 25.8 Å². The fourth-order valence-corrected chi connectivity index (χ4v) is 2.71. The molecule has 4 heteroatoms. The van der Waals surface area contributed by atoms with E-state index in [4.69, 9.17) is 5.11 Å². The Kier molecular flexibility index (Phi) is 4.11. The molecular weight excluding hydrogens is 208 g/mol. The Hall–Kier alpha value is -0.450. The lowest BCUT2D eigenvalue weighted by molar-refractivity contribution is 0.152. The quantitative estimate of drug-likeness (QED) is 0.849. The molecule has 0 atom stereocenters. The minimum atomic E-state index is 0.344. The van der Waals surface area contributed by atoms with Crippen molar-refractivity contribution in [1.82, 2.24) is 9.88 Å². The number of nitrogens with zero attached hydrogens (tertiary/aromatic N) is 2. The van der Waals surface area contributed by atoms with Crippen molar-refractivity contribution < 1.29 is 5.11 Å². The molecule has 15 heavy (non-hydrogen) atoms. The Balaban J connectivity index is 1.74. The first-order chi connectivity index (χ1) is 7.38. The van der Waals surface area contributed by atoms with Crippen molar-refractivity contribution in [3.63, 3.8) is 0 Å². The van der Waals surface area contributed by atoms with Crippen LogP contribution in [0.1, 0.15) is 25.0 Å². The number of piperidine rings is 1. The van der Waals surface area contributed by atoms with Crippen molar-refractivity contribution in [2.24, 2.45) is 5.92 Å². The molecule has 0 unspecified atom stereocenters. The number of likely N-dealkylation sites (tertiary alicyclic amines) is 1. The molecular formula is C11H18N2OS. The van der Waals surface area contributed by atoms with Gasteiger partial charge in [0.2, 0.25) is 0 Å². The van der Waals surface area contributed by atoms with Crippen LogP contribution in [0.15, 0.2) is 10.9 Å². The van der Waals surface area contributed by atoms with E-state index in [-0.39, 0.29) is 0 Å². The molecule has 0 radical (unpaired) electrons. The van der Waals surface area contributed by atoms with Crippen molar-refractivity contribution in [3.05, 3.63) is 16.6 Å². The normalized spacial score (nSPS) is 19.5. The van der Waals surface area contributed by atoms with Gasteiger partial charge in [-0.3, -0.25) is 4.90 Å². The lowest BCUT2D eigenvalue weighted by Crippen LogP contribution is -2.33. The minimum Gasteiger partial charge on any atom is -0.396 e. The van der Waals surface area contributed by atoms with Gasteiger partial charge in [0, 0.05) is 18.5 Å². The minimum absolute atomic E-state index is 0.344. The summed E-state index contributed by atoms with van der Waals surface area (Å²) in [6, 6.07) is 0. The van der Waals surface area contributed by atoms with Crippen LogP contribution in [0.3, 0.4) is 0 Å². The summed E-state index contributed by atoms with van der Waals surface area (Å²) >= 11 is 1.67. The van der Waals surface area contributed by atoms with Crippen LogP contribution in [-0.4, -0.2) is 34.7 Å². The maximum atomic E-state index is 8.87. The van der Waals surface area contributed by atoms with Gasteiger partial charge >= 0.3 is 0 Å². The van der Waals surface area contributed by atoms with Gasteiger partial charge in [-0.05, 0) is 38.3 Å². The summed E-state index contributed by atoms with van der Waals surface area (Å²) in [6.45, 7) is 3.65. The zero-order chi connectivity index (χ0) is 10.5. The van der Waals surface area contributed by atoms with Crippen LogP contribution < -0.4 is 0 Å². The summed E-state index contributed by atoms with van der Waals surface area (Å²) in [7, 11) is 0. The predicted molar refractivity (Wildman–Crippen MR) is 61.8 cm³/mol. The molecule has 3 nitrogen and oxygen atoms in total. The fourth-order valence-electron chi connectivity index (χ4n) is 2.16. The second kappa shape index (κ2) is 5.58. The van der Waals surface area contributed by atoms with E-state index in [9.17, 15) is 0 Å². The Bertz CT molecular complexity index is 268. The van der Waals surface area contributed by atoms with Crippen molar-refractivity contribution >= 4 is 11.3 Å². The van der Waals surface area contributed by atoms with Gasteiger partial charge in [-0.25, -0.2) is 4.98 Å². The molecule has 1 fully saturated rings. The van der Waals surface area contributed by atoms with Crippen LogP contribution in [-0.2, 0) is 6.54 Å². The van der Waals surface area contributed by atoms with Gasteiger partial charge in [-0.1, -0.05) is 0 Å². The van der Waals surface area contributed by atoms with Crippen LogP contribution in [0.25, 0.3) is 0 Å². The topological polar surface area (TPSA) is 36.4 Å². The van der Waals surface area contributed by atoms with Crippen molar-refractivity contribution in [3.8, 4) is 0 Å². The molecule has 0 spiro atoms. The molecule has 2 heterocycles. The fraction of sp³-hybridized carbons (Fsp3) is 0.727. The zero-order valence-electron chi connectivity index (χ0n) is 8.93. The van der Waals surface area contributed by atoms with E-state index < -0.39 is 0 Å². The third kappa shape index (κ3) is 3.26. The largest absolute Gasteiger partial charge is 0.396 e. The summed E-state index contributed by atoms with van der Waals surface area (Å²) in [4.78, 5) is 6.76. The van der Waals surface area contributed by atoms with Gasteiger partial charge < -0.3 is 5.11 Å². The van der Waals surface area contributed by atoms with Gasteiger partial charge in [-0.15, -0.1) is 11.3 Å². The third-order valence-corrected chi connectivity index (χ3v) is 3.75. The summed E-state index contributed by atoms with van der Waals surface area (Å²) in [6.07, 6.45) is 3.43. The lowest BCUT2D eigenvalue weighted by Gasteiger charge is -2.31. The van der Waals surface area contributed by atoms with Crippen LogP contribution in [0.4, 0.5) is 0 Å². The maximum absolute atomic E-state index is 8.87. The number of rotatable bonds is 4. The number of aliphatic hydroxyl groups excluding tert-OH is 1. The number of hydrogen-bond acceptors (Lipinski definition) is 4. The van der Waals surface area contributed by atoms with E-state index in [1.54, 1.807) is 11.3 Å². The van der Waals surface area contributed by atoms with E-state index in [2.05, 4.69) is 15.3 Å². The smallest absolute Gasteiger partial charge is 0.0795 e. The molecule has 0 aromatic carbocycles. The van der Waals surface area contributed by atoms with E-state index in [0.29, 0.717) is 6.61 Å². The SMILES string of the molecule is OCCC1CCN(Cc2cscn2)CC1. The van der Waals surface area contributed by atoms with E-state index in [0.717, 1.165) is 32.0 Å². The molecule has 1 aliphatic heterocycles. The molecule has 0 bridgehead atoms. The summed E-state index contributed by atoms with van der Waals surface area (Å²) in [5.74, 6) is 0.738. The van der Waals surface area contributed by atoms with Crippen LogP contribution in [0.5, 0.6) is 0 Å². The Morgan fingerprint density at radius 3 is 2.87 bits per heavy atom. The highest BCUT2D eigenvalue weighted by Gasteiger charge is 2.18. The molecule has 2 rings (SSSR count). The second-order valence-corrected chi connectivity index (χ2v) is 4.93. The number of thiazole rings is 1. The highest BCUT2D eigenvalue weighted by Crippen LogP contribution is 2.21. The Labute approximate surface area is 94.8 Å². The van der Waals surface area contributed by atoms with Gasteiger partial charge in [0.15, 0.2) is 0 Å². The molecule has 1 aromatic heterocycles. The Morgan fingerprint density at radius 1 is 1.47 bits per heavy atom. The standard InChI is InChI=1S/C11H18N2OS/c14-6-3-10-1-4-13(5-2-10)7-11-8-15-9-12-11/h8-10,14H,1-7H2. The van der Waals surface area contributed by atoms with Crippen LogP contribution in [0, 0.1) is 5.92 Å². The molecule has 1 saturated heterocycles. The number of aromatic nitrogens is 1. The van der Waals surface area contributed by atoms with Crippen LogP contribution in [0.2, 0.25) is 0 Å². The van der Waals surface area contributed by atoms with E-state index >= 15 is 0 Å². The molecule has 84 valence electrons. The highest BCUT2D eigenvalue weighted by atomic mass is 32.1. The molecule has 0 aliphatic carbocycles. The predicted octanol–water partition coefficient (Wildman–Crippen LogP) is 1.74. The van der Waals surface area contributed by atoms with Crippen LogP contribution >= 0.6 is 11.3 Å². The van der Waals surface area contributed by atoms with Gasteiger partial charge in [-0.2, -0.15) is 0 Å². The summed E-state index contributed by atoms with van der Waals surface area (Å²) in [5.41, 5.74) is 3.09. The molecule has 0 saturated carbocycles. The molecule has 1 N–H and O–H groups in total. The number of hydrogen-bond donors (Lipinski definition) is 1. The third-order valence-electron chi connectivity index (χ3n) is 3.11. The molecule has 1 aliphatic rings. The van der Waals surface area contributed by atoms with Crippen molar-refractivity contribution in [1.29, 1.82) is 0 Å². The summed E-state index contributed by atoms with van der Waals surface area (Å²) < 4.78 is 0. The van der Waals surface area contributed by atoms with E-state index in [1.165, 1.54) is 18.5 Å². The average Bonchev–Trinajstić information content (AvgIpc) is 2.74. The highest BCUT2D eigenvalue weighted by molar-refractivity contribution is 7.07. The monoisotopic (exact) mass is 226 g/mol. The van der Waals surface area contributed by atoms with Gasteiger partial charge in [0.1, 0.15) is 0 Å². The molecule has 1 aromatic rings. The zero-order valence-corrected chi connectivity index (χ0v) is 9.75. The first-order valence-electron chi connectivity index (χ1n) is 5.59. The second-order valence-electron chi connectivity index (χ2n) is 4.21.